The third-order valence-corrected chi connectivity index (χ3v) is 4.63. The highest BCUT2D eigenvalue weighted by Crippen LogP contribution is 2.32. The normalized spacial score (nSPS) is 28.6. The lowest BCUT2D eigenvalue weighted by Crippen LogP contribution is -2.64. The van der Waals surface area contributed by atoms with Crippen molar-refractivity contribution in [2.75, 3.05) is 52.9 Å². The molecule has 28 heavy (non-hydrogen) atoms. The smallest absolute Gasteiger partial charge is 0.184 e. The van der Waals surface area contributed by atoms with Crippen LogP contribution in [0.2, 0.25) is 0 Å². The van der Waals surface area contributed by atoms with E-state index in [4.69, 9.17) is 23.7 Å². The van der Waals surface area contributed by atoms with Crippen molar-refractivity contribution in [3.8, 4) is 0 Å². The van der Waals surface area contributed by atoms with Crippen molar-refractivity contribution in [1.82, 2.24) is 0 Å². The summed E-state index contributed by atoms with van der Waals surface area (Å²) in [7, 11) is 0. The van der Waals surface area contributed by atoms with Gasteiger partial charge in [0.05, 0.1) is 32.0 Å². The quantitative estimate of drug-likeness (QED) is 0.199. The van der Waals surface area contributed by atoms with Gasteiger partial charge >= 0.3 is 0 Å². The van der Waals surface area contributed by atoms with Gasteiger partial charge in [0.2, 0.25) is 0 Å². The van der Waals surface area contributed by atoms with Crippen LogP contribution in [0, 0.1) is 0 Å². The molecule has 5 atom stereocenters. The summed E-state index contributed by atoms with van der Waals surface area (Å²) in [5.74, 6) is 0. The molecule has 1 aliphatic rings. The lowest BCUT2D eigenvalue weighted by molar-refractivity contribution is -0.315. The van der Waals surface area contributed by atoms with Crippen molar-refractivity contribution in [1.29, 1.82) is 0 Å². The van der Waals surface area contributed by atoms with Crippen molar-refractivity contribution < 1.29 is 49.2 Å². The van der Waals surface area contributed by atoms with Gasteiger partial charge in [-0.3, -0.25) is 0 Å². The highest BCUT2D eigenvalue weighted by atomic mass is 16.6. The van der Waals surface area contributed by atoms with Crippen LogP contribution >= 0.6 is 0 Å². The van der Waals surface area contributed by atoms with Crippen LogP contribution in [0.4, 0.5) is 0 Å². The largest absolute Gasteiger partial charge is 0.387 e. The van der Waals surface area contributed by atoms with Crippen LogP contribution < -0.4 is 0 Å². The highest BCUT2D eigenvalue weighted by molar-refractivity contribution is 4.99. The minimum atomic E-state index is -1.73. The van der Waals surface area contributed by atoms with Gasteiger partial charge in [0, 0.05) is 39.3 Å². The molecule has 5 N–H and O–H groups in total. The van der Waals surface area contributed by atoms with Crippen molar-refractivity contribution in [2.45, 2.75) is 63.0 Å². The Bertz CT molecular complexity index is 381. The van der Waals surface area contributed by atoms with Gasteiger partial charge < -0.3 is 49.2 Å². The zero-order chi connectivity index (χ0) is 21.0. The highest BCUT2D eigenvalue weighted by Gasteiger charge is 2.51. The van der Waals surface area contributed by atoms with E-state index in [0.29, 0.717) is 39.6 Å². The Kier molecular flexibility index (Phi) is 12.6. The average molecular weight is 412 g/mol. The zero-order valence-corrected chi connectivity index (χ0v) is 16.7. The Morgan fingerprint density at radius 1 is 0.679 bits per heavy atom. The van der Waals surface area contributed by atoms with E-state index in [0.717, 1.165) is 0 Å². The molecule has 1 saturated heterocycles. The summed E-state index contributed by atoms with van der Waals surface area (Å²) in [5, 5.41) is 50.8. The fraction of sp³-hybridized carbons (Fsp3) is 1.00. The minimum absolute atomic E-state index is 0.0607. The van der Waals surface area contributed by atoms with Gasteiger partial charge in [0.15, 0.2) is 6.29 Å². The van der Waals surface area contributed by atoms with Crippen LogP contribution in [0.15, 0.2) is 0 Å². The van der Waals surface area contributed by atoms with Crippen LogP contribution in [-0.4, -0.2) is 115 Å². The maximum Gasteiger partial charge on any atom is 0.184 e. The predicted octanol–water partition coefficient (Wildman–Crippen LogP) is -1.60. The number of hydrogen-bond acceptors (Lipinski definition) is 10. The lowest BCUT2D eigenvalue weighted by atomic mass is 9.82. The van der Waals surface area contributed by atoms with Gasteiger partial charge in [0.25, 0.3) is 0 Å². The summed E-state index contributed by atoms with van der Waals surface area (Å²) in [4.78, 5) is 0. The molecule has 0 aliphatic carbocycles. The number of aliphatic hydroxyl groups is 5. The van der Waals surface area contributed by atoms with E-state index in [1.807, 2.05) is 13.8 Å². The molecule has 1 fully saturated rings. The van der Waals surface area contributed by atoms with Crippen molar-refractivity contribution in [3.63, 3.8) is 0 Å². The SMILES string of the molecule is CCOCCOCCC(O)(CCOCCOCC)[C@H]1OC(O)[C@H](O)[C@@H](O)[C@H]1O. The molecular weight excluding hydrogens is 376 g/mol. The Morgan fingerprint density at radius 2 is 1.14 bits per heavy atom. The fourth-order valence-corrected chi connectivity index (χ4v) is 2.94. The molecule has 1 heterocycles. The van der Waals surface area contributed by atoms with Crippen LogP contribution in [0.5, 0.6) is 0 Å². The van der Waals surface area contributed by atoms with Gasteiger partial charge in [-0.2, -0.15) is 0 Å². The molecule has 0 radical (unpaired) electrons. The monoisotopic (exact) mass is 412 g/mol. The van der Waals surface area contributed by atoms with Crippen LogP contribution in [0.1, 0.15) is 26.7 Å². The van der Waals surface area contributed by atoms with Gasteiger partial charge in [-0.05, 0) is 13.8 Å². The molecule has 1 unspecified atom stereocenters. The Morgan fingerprint density at radius 3 is 1.61 bits per heavy atom. The second-order valence-electron chi connectivity index (χ2n) is 6.64. The minimum Gasteiger partial charge on any atom is -0.387 e. The number of aliphatic hydroxyl groups excluding tert-OH is 4. The second kappa shape index (κ2) is 13.8. The molecule has 0 bridgehead atoms. The first-order valence-corrected chi connectivity index (χ1v) is 9.78. The molecule has 1 rings (SSSR count). The molecule has 0 aromatic carbocycles. The topological polar surface area (TPSA) is 147 Å². The van der Waals surface area contributed by atoms with E-state index >= 15 is 0 Å². The molecule has 0 spiro atoms. The van der Waals surface area contributed by atoms with Crippen LogP contribution in [-0.2, 0) is 23.7 Å². The van der Waals surface area contributed by atoms with Gasteiger partial charge in [0.1, 0.15) is 24.4 Å². The van der Waals surface area contributed by atoms with Crippen molar-refractivity contribution in [2.24, 2.45) is 0 Å². The third kappa shape index (κ3) is 8.15. The number of hydrogen-bond donors (Lipinski definition) is 5. The molecule has 168 valence electrons. The van der Waals surface area contributed by atoms with Crippen molar-refractivity contribution >= 4 is 0 Å². The third-order valence-electron chi connectivity index (χ3n) is 4.63. The van der Waals surface area contributed by atoms with Gasteiger partial charge in [-0.25, -0.2) is 0 Å². The van der Waals surface area contributed by atoms with E-state index < -0.39 is 36.3 Å². The molecule has 0 amide bonds. The van der Waals surface area contributed by atoms with E-state index in [1.54, 1.807) is 0 Å². The molecule has 10 nitrogen and oxygen atoms in total. The molecule has 1 aliphatic heterocycles. The first-order chi connectivity index (χ1) is 13.4. The Balaban J connectivity index is 2.64. The van der Waals surface area contributed by atoms with Crippen molar-refractivity contribution in [3.05, 3.63) is 0 Å². The fourth-order valence-electron chi connectivity index (χ4n) is 2.94. The first-order valence-electron chi connectivity index (χ1n) is 9.78. The van der Waals surface area contributed by atoms with Crippen LogP contribution in [0.3, 0.4) is 0 Å². The summed E-state index contributed by atoms with van der Waals surface area (Å²) in [6, 6.07) is 0. The van der Waals surface area contributed by atoms with Gasteiger partial charge in [-0.15, -0.1) is 0 Å². The Labute approximate surface area is 165 Å². The van der Waals surface area contributed by atoms with Gasteiger partial charge in [-0.1, -0.05) is 0 Å². The van der Waals surface area contributed by atoms with E-state index in [1.165, 1.54) is 0 Å². The first kappa shape index (κ1) is 25.6. The molecule has 0 aromatic rings. The average Bonchev–Trinajstić information content (AvgIpc) is 2.68. The Hall–Kier alpha value is -0.400. The number of ether oxygens (including phenoxy) is 5. The molecule has 10 heteroatoms. The zero-order valence-electron chi connectivity index (χ0n) is 16.7. The summed E-state index contributed by atoms with van der Waals surface area (Å²) < 4.78 is 26.4. The summed E-state index contributed by atoms with van der Waals surface area (Å²) >= 11 is 0. The van der Waals surface area contributed by atoms with E-state index in [2.05, 4.69) is 0 Å². The summed E-state index contributed by atoms with van der Waals surface area (Å²) in [6.45, 7) is 6.70. The van der Waals surface area contributed by atoms with E-state index in [9.17, 15) is 25.5 Å². The predicted molar refractivity (Wildman–Crippen MR) is 97.7 cm³/mol. The lowest BCUT2D eigenvalue weighted by Gasteiger charge is -2.45. The van der Waals surface area contributed by atoms with E-state index in [-0.39, 0.29) is 26.1 Å². The standard InChI is InChI=1S/C18H36O10/c1-3-24-9-11-26-7-5-18(23,6-8-27-12-10-25-4-2)16-14(20)13(19)15(21)17(22)28-16/h13-17,19-23H,3-12H2,1-2H3/t13-,14+,15+,16-,17?/m0/s1. The maximum absolute atomic E-state index is 11.1. The number of rotatable bonds is 15. The summed E-state index contributed by atoms with van der Waals surface area (Å²) in [5.41, 5.74) is -1.65. The maximum atomic E-state index is 11.1. The second-order valence-corrected chi connectivity index (χ2v) is 6.64. The molecular formula is C18H36O10. The van der Waals surface area contributed by atoms with Crippen LogP contribution in [0.25, 0.3) is 0 Å². The molecule has 0 saturated carbocycles. The molecule has 0 aromatic heterocycles. The summed E-state index contributed by atoms with van der Waals surface area (Å²) in [6.07, 6.45) is -7.84.